The van der Waals surface area contributed by atoms with Gasteiger partial charge in [0.25, 0.3) is 5.91 Å². The van der Waals surface area contributed by atoms with Crippen molar-refractivity contribution in [1.29, 1.82) is 0 Å². The monoisotopic (exact) mass is 326 g/mol. The van der Waals surface area contributed by atoms with Crippen LogP contribution in [-0.4, -0.2) is 16.0 Å². The minimum absolute atomic E-state index is 0.0556. The molecule has 0 radical (unpaired) electrons. The molecule has 2 aromatic rings. The van der Waals surface area contributed by atoms with Gasteiger partial charge in [-0.05, 0) is 40.2 Å². The third-order valence-corrected chi connectivity index (χ3v) is 3.38. The van der Waals surface area contributed by atoms with Crippen molar-refractivity contribution in [2.75, 3.05) is 5.32 Å². The first-order valence-electron chi connectivity index (χ1n) is 4.96. The zero-order chi connectivity index (χ0) is 13.1. The Balaban J connectivity index is 2.18. The predicted molar refractivity (Wildman–Crippen MR) is 73.0 cm³/mol. The highest BCUT2D eigenvalue weighted by atomic mass is 79.9. The Morgan fingerprint density at radius 2 is 2.11 bits per heavy atom. The quantitative estimate of drug-likeness (QED) is 0.888. The second kappa shape index (κ2) is 5.37. The number of aromatic hydroxyl groups is 1. The number of aromatic nitrogens is 1. The molecule has 0 saturated carbocycles. The van der Waals surface area contributed by atoms with E-state index >= 15 is 0 Å². The van der Waals surface area contributed by atoms with Crippen LogP contribution in [0.15, 0.2) is 41.1 Å². The summed E-state index contributed by atoms with van der Waals surface area (Å²) in [5.41, 5.74) is 0.876. The topological polar surface area (TPSA) is 62.2 Å². The lowest BCUT2D eigenvalue weighted by Crippen LogP contribution is -2.11. The van der Waals surface area contributed by atoms with Crippen molar-refractivity contribution in [2.45, 2.75) is 0 Å². The lowest BCUT2D eigenvalue weighted by atomic mass is 10.2. The van der Waals surface area contributed by atoms with Crippen LogP contribution in [-0.2, 0) is 0 Å². The summed E-state index contributed by atoms with van der Waals surface area (Å²) in [5, 5.41) is 12.5. The minimum Gasteiger partial charge on any atom is -0.506 e. The van der Waals surface area contributed by atoms with E-state index in [9.17, 15) is 9.90 Å². The second-order valence-electron chi connectivity index (χ2n) is 3.51. The number of rotatable bonds is 2. The molecule has 18 heavy (non-hydrogen) atoms. The van der Waals surface area contributed by atoms with E-state index in [0.717, 1.165) is 0 Å². The number of nitrogens with zero attached hydrogens (tertiary/aromatic N) is 1. The minimum atomic E-state index is -0.354. The van der Waals surface area contributed by atoms with Gasteiger partial charge in [-0.2, -0.15) is 0 Å². The van der Waals surface area contributed by atoms with Gasteiger partial charge in [0.15, 0.2) is 0 Å². The van der Waals surface area contributed by atoms with E-state index in [0.29, 0.717) is 15.2 Å². The largest absolute Gasteiger partial charge is 0.506 e. The number of halogens is 2. The molecule has 1 aromatic heterocycles. The summed E-state index contributed by atoms with van der Waals surface area (Å²) in [6, 6.07) is 6.38. The summed E-state index contributed by atoms with van der Waals surface area (Å²) >= 11 is 9.12. The van der Waals surface area contributed by atoms with Gasteiger partial charge in [-0.3, -0.25) is 9.78 Å². The molecule has 6 heteroatoms. The number of benzene rings is 1. The fourth-order valence-electron chi connectivity index (χ4n) is 1.33. The van der Waals surface area contributed by atoms with E-state index < -0.39 is 0 Å². The number of amides is 1. The third kappa shape index (κ3) is 3.00. The van der Waals surface area contributed by atoms with E-state index in [1.165, 1.54) is 18.5 Å². The summed E-state index contributed by atoms with van der Waals surface area (Å²) in [7, 11) is 0. The molecule has 0 aliphatic heterocycles. The molecule has 2 rings (SSSR count). The maximum Gasteiger partial charge on any atom is 0.257 e. The van der Waals surface area contributed by atoms with Crippen LogP contribution in [0.2, 0.25) is 5.02 Å². The van der Waals surface area contributed by atoms with E-state index in [4.69, 9.17) is 11.6 Å². The zero-order valence-electron chi connectivity index (χ0n) is 9.02. The molecular weight excluding hydrogens is 320 g/mol. The number of hydrogen-bond donors (Lipinski definition) is 2. The number of hydrogen-bond acceptors (Lipinski definition) is 3. The smallest absolute Gasteiger partial charge is 0.257 e. The Morgan fingerprint density at radius 1 is 1.33 bits per heavy atom. The van der Waals surface area contributed by atoms with E-state index in [2.05, 4.69) is 26.2 Å². The van der Waals surface area contributed by atoms with Crippen LogP contribution in [0.25, 0.3) is 0 Å². The molecule has 0 unspecified atom stereocenters. The van der Waals surface area contributed by atoms with Crippen molar-refractivity contribution < 1.29 is 9.90 Å². The molecule has 0 saturated heterocycles. The van der Waals surface area contributed by atoms with Crippen LogP contribution in [0.3, 0.4) is 0 Å². The number of carbonyl (C=O) groups is 1. The maximum absolute atomic E-state index is 11.9. The lowest BCUT2D eigenvalue weighted by molar-refractivity contribution is 0.102. The van der Waals surface area contributed by atoms with Crippen molar-refractivity contribution in [3.8, 4) is 5.75 Å². The van der Waals surface area contributed by atoms with Gasteiger partial charge in [0.1, 0.15) is 5.75 Å². The first kappa shape index (κ1) is 12.9. The summed E-state index contributed by atoms with van der Waals surface area (Å²) in [4.78, 5) is 15.6. The summed E-state index contributed by atoms with van der Waals surface area (Å²) in [5.74, 6) is -0.410. The van der Waals surface area contributed by atoms with Crippen molar-refractivity contribution >= 4 is 39.1 Å². The van der Waals surface area contributed by atoms with Crippen LogP contribution in [0.5, 0.6) is 5.75 Å². The average molecular weight is 328 g/mol. The average Bonchev–Trinajstić information content (AvgIpc) is 2.34. The third-order valence-electron chi connectivity index (χ3n) is 2.16. The van der Waals surface area contributed by atoms with Gasteiger partial charge in [-0.15, -0.1) is 0 Å². The SMILES string of the molecule is O=C(Nc1ccc(Cl)c(Br)c1)c1cncc(O)c1. The van der Waals surface area contributed by atoms with Gasteiger partial charge in [0.2, 0.25) is 0 Å². The number of carbonyl (C=O) groups excluding carboxylic acids is 1. The number of pyridine rings is 1. The Bertz CT molecular complexity index is 604. The van der Waals surface area contributed by atoms with Crippen LogP contribution in [0, 0.1) is 0 Å². The fraction of sp³-hybridized carbons (Fsp3) is 0. The standard InChI is InChI=1S/C12H8BrClN2O2/c13-10-4-8(1-2-11(10)14)16-12(18)7-3-9(17)6-15-5-7/h1-6,17H,(H,16,18). The van der Waals surface area contributed by atoms with Crippen LogP contribution < -0.4 is 5.32 Å². The Morgan fingerprint density at radius 3 is 2.78 bits per heavy atom. The Kier molecular flexibility index (Phi) is 3.84. The molecule has 0 bridgehead atoms. The Hall–Kier alpha value is -1.59. The van der Waals surface area contributed by atoms with Crippen LogP contribution >= 0.6 is 27.5 Å². The van der Waals surface area contributed by atoms with E-state index in [1.54, 1.807) is 18.2 Å². The molecule has 1 amide bonds. The molecule has 0 atom stereocenters. The second-order valence-corrected chi connectivity index (χ2v) is 4.78. The van der Waals surface area contributed by atoms with E-state index in [-0.39, 0.29) is 17.2 Å². The van der Waals surface area contributed by atoms with Crippen LogP contribution in [0.4, 0.5) is 5.69 Å². The Labute approximate surface area is 117 Å². The van der Waals surface area contributed by atoms with Crippen molar-refractivity contribution in [2.24, 2.45) is 0 Å². The van der Waals surface area contributed by atoms with Crippen molar-refractivity contribution in [3.63, 3.8) is 0 Å². The molecule has 0 aliphatic carbocycles. The summed E-state index contributed by atoms with van der Waals surface area (Å²) < 4.78 is 0.691. The highest BCUT2D eigenvalue weighted by Gasteiger charge is 2.08. The molecule has 1 heterocycles. The number of anilines is 1. The first-order chi connectivity index (χ1) is 8.56. The van der Waals surface area contributed by atoms with Gasteiger partial charge < -0.3 is 10.4 Å². The molecule has 0 spiro atoms. The molecule has 2 N–H and O–H groups in total. The lowest BCUT2D eigenvalue weighted by Gasteiger charge is -2.06. The van der Waals surface area contributed by atoms with E-state index in [1.807, 2.05) is 0 Å². The zero-order valence-corrected chi connectivity index (χ0v) is 11.4. The summed E-state index contributed by atoms with van der Waals surface area (Å²) in [6.45, 7) is 0. The van der Waals surface area contributed by atoms with Gasteiger partial charge >= 0.3 is 0 Å². The van der Waals surface area contributed by atoms with Gasteiger partial charge in [-0.1, -0.05) is 11.6 Å². The van der Waals surface area contributed by atoms with Crippen molar-refractivity contribution in [1.82, 2.24) is 4.98 Å². The highest BCUT2D eigenvalue weighted by molar-refractivity contribution is 9.10. The molecule has 0 fully saturated rings. The molecule has 1 aromatic carbocycles. The van der Waals surface area contributed by atoms with Crippen molar-refractivity contribution in [3.05, 3.63) is 51.7 Å². The first-order valence-corrected chi connectivity index (χ1v) is 6.14. The molecule has 92 valence electrons. The van der Waals surface area contributed by atoms with Gasteiger partial charge in [0.05, 0.1) is 16.8 Å². The molecular formula is C12H8BrClN2O2. The van der Waals surface area contributed by atoms with Gasteiger partial charge in [-0.25, -0.2) is 0 Å². The van der Waals surface area contributed by atoms with Gasteiger partial charge in [0, 0.05) is 16.4 Å². The highest BCUT2D eigenvalue weighted by Crippen LogP contribution is 2.25. The molecule has 0 aliphatic rings. The normalized spacial score (nSPS) is 10.1. The maximum atomic E-state index is 11.9. The summed E-state index contributed by atoms with van der Waals surface area (Å²) in [6.07, 6.45) is 2.63. The number of nitrogens with one attached hydrogen (secondary N) is 1. The van der Waals surface area contributed by atoms with Crippen LogP contribution in [0.1, 0.15) is 10.4 Å². The molecule has 4 nitrogen and oxygen atoms in total. The fourth-order valence-corrected chi connectivity index (χ4v) is 1.83. The predicted octanol–water partition coefficient (Wildman–Crippen LogP) is 3.46.